The Morgan fingerprint density at radius 2 is 1.69 bits per heavy atom. The van der Waals surface area contributed by atoms with Gasteiger partial charge in [-0.25, -0.2) is 13.2 Å². The van der Waals surface area contributed by atoms with Crippen molar-refractivity contribution >= 4 is 16.1 Å². The maximum Gasteiger partial charge on any atom is 0.410 e. The minimum absolute atomic E-state index is 0.173. The number of hydrogen-bond donors (Lipinski definition) is 0. The molecular formula is C19H28N2O4S. The number of hydrogen-bond acceptors (Lipinski definition) is 4. The van der Waals surface area contributed by atoms with Crippen LogP contribution in [0, 0.1) is 0 Å². The summed E-state index contributed by atoms with van der Waals surface area (Å²) in [5.74, 6) is 0. The Bertz CT molecular complexity index is 700. The van der Waals surface area contributed by atoms with Gasteiger partial charge in [-0.1, -0.05) is 50.3 Å². The van der Waals surface area contributed by atoms with Crippen LogP contribution in [0.4, 0.5) is 4.79 Å². The molecule has 1 aromatic rings. The van der Waals surface area contributed by atoms with Crippen LogP contribution < -0.4 is 0 Å². The Balaban J connectivity index is 1.61. The summed E-state index contributed by atoms with van der Waals surface area (Å²) in [4.78, 5) is 14.4. The molecule has 1 aromatic carbocycles. The fourth-order valence-corrected chi connectivity index (χ4v) is 5.06. The summed E-state index contributed by atoms with van der Waals surface area (Å²) in [6.45, 7) is 0.643. The maximum atomic E-state index is 12.6. The molecule has 1 aliphatic carbocycles. The minimum atomic E-state index is -3.57. The summed E-state index contributed by atoms with van der Waals surface area (Å²) >= 11 is 0. The highest BCUT2D eigenvalue weighted by Gasteiger charge is 2.37. The highest BCUT2D eigenvalue weighted by molar-refractivity contribution is 7.89. The third-order valence-corrected chi connectivity index (χ3v) is 7.17. The summed E-state index contributed by atoms with van der Waals surface area (Å²) in [5.41, 5.74) is 0. The molecule has 1 saturated carbocycles. The van der Waals surface area contributed by atoms with Crippen LogP contribution in [0.1, 0.15) is 44.9 Å². The van der Waals surface area contributed by atoms with E-state index in [2.05, 4.69) is 0 Å². The lowest BCUT2D eigenvalue weighted by atomic mass is 9.96. The van der Waals surface area contributed by atoms with E-state index in [4.69, 9.17) is 4.74 Å². The monoisotopic (exact) mass is 380 g/mol. The second-order valence-corrected chi connectivity index (χ2v) is 9.30. The van der Waals surface area contributed by atoms with Gasteiger partial charge < -0.3 is 9.64 Å². The maximum absolute atomic E-state index is 12.6. The first-order valence-corrected chi connectivity index (χ1v) is 10.9. The SMILES string of the molecule is CN(C[C@H]1CN(C2CCCCCCC2)C(=O)O1)S(=O)(=O)c1ccccc1. The summed E-state index contributed by atoms with van der Waals surface area (Å²) in [7, 11) is -2.04. The lowest BCUT2D eigenvalue weighted by molar-refractivity contribution is 0.119. The molecule has 144 valence electrons. The normalized spacial score (nSPS) is 22.9. The van der Waals surface area contributed by atoms with Crippen LogP contribution in [-0.4, -0.2) is 56.0 Å². The van der Waals surface area contributed by atoms with Crippen molar-refractivity contribution in [1.29, 1.82) is 0 Å². The van der Waals surface area contributed by atoms with Crippen LogP contribution in [-0.2, 0) is 14.8 Å². The van der Waals surface area contributed by atoms with Gasteiger partial charge in [0.05, 0.1) is 18.0 Å². The first-order valence-electron chi connectivity index (χ1n) is 9.47. The molecule has 1 heterocycles. The van der Waals surface area contributed by atoms with Crippen LogP contribution in [0.3, 0.4) is 0 Å². The number of carbonyl (C=O) groups is 1. The fourth-order valence-electron chi connectivity index (χ4n) is 3.84. The molecule has 6 nitrogen and oxygen atoms in total. The van der Waals surface area contributed by atoms with Crippen LogP contribution in [0.2, 0.25) is 0 Å². The van der Waals surface area contributed by atoms with Gasteiger partial charge in [-0.3, -0.25) is 0 Å². The summed E-state index contributed by atoms with van der Waals surface area (Å²) in [6, 6.07) is 8.56. The number of nitrogens with zero attached hydrogens (tertiary/aromatic N) is 2. The third-order valence-electron chi connectivity index (χ3n) is 5.33. The molecular weight excluding hydrogens is 352 g/mol. The Morgan fingerprint density at radius 3 is 2.35 bits per heavy atom. The van der Waals surface area contributed by atoms with E-state index in [1.54, 1.807) is 30.3 Å². The van der Waals surface area contributed by atoms with Gasteiger partial charge in [0, 0.05) is 13.1 Å². The van der Waals surface area contributed by atoms with Gasteiger partial charge in [-0.05, 0) is 25.0 Å². The molecule has 2 fully saturated rings. The van der Waals surface area contributed by atoms with Crippen molar-refractivity contribution in [3.05, 3.63) is 30.3 Å². The van der Waals surface area contributed by atoms with E-state index in [1.165, 1.54) is 30.6 Å². The number of carbonyl (C=O) groups excluding carboxylic acids is 1. The van der Waals surface area contributed by atoms with E-state index >= 15 is 0 Å². The highest BCUT2D eigenvalue weighted by Crippen LogP contribution is 2.26. The first-order chi connectivity index (χ1) is 12.5. The molecule has 1 saturated heterocycles. The van der Waals surface area contributed by atoms with E-state index in [-0.39, 0.29) is 23.6 Å². The van der Waals surface area contributed by atoms with Gasteiger partial charge in [0.25, 0.3) is 0 Å². The van der Waals surface area contributed by atoms with Crippen LogP contribution in [0.15, 0.2) is 35.2 Å². The molecule has 0 aromatic heterocycles. The van der Waals surface area contributed by atoms with Crippen molar-refractivity contribution in [2.75, 3.05) is 20.1 Å². The van der Waals surface area contributed by atoms with Crippen molar-refractivity contribution in [2.24, 2.45) is 0 Å². The van der Waals surface area contributed by atoms with E-state index < -0.39 is 16.1 Å². The Kier molecular flexibility index (Phi) is 6.19. The number of ether oxygens (including phenoxy) is 1. The Labute approximate surface area is 156 Å². The molecule has 0 radical (unpaired) electrons. The van der Waals surface area contributed by atoms with E-state index in [0.29, 0.717) is 6.54 Å². The highest BCUT2D eigenvalue weighted by atomic mass is 32.2. The molecule has 7 heteroatoms. The number of rotatable bonds is 5. The largest absolute Gasteiger partial charge is 0.443 e. The first kappa shape index (κ1) is 19.2. The molecule has 2 aliphatic rings. The van der Waals surface area contributed by atoms with Gasteiger partial charge in [0.15, 0.2) is 0 Å². The van der Waals surface area contributed by atoms with Crippen LogP contribution in [0.25, 0.3) is 0 Å². The van der Waals surface area contributed by atoms with E-state index in [9.17, 15) is 13.2 Å². The second-order valence-electron chi connectivity index (χ2n) is 7.26. The molecule has 0 bridgehead atoms. The molecule has 3 rings (SSSR count). The van der Waals surface area contributed by atoms with Gasteiger partial charge in [-0.15, -0.1) is 0 Å². The van der Waals surface area contributed by atoms with Crippen molar-refractivity contribution in [1.82, 2.24) is 9.21 Å². The minimum Gasteiger partial charge on any atom is -0.443 e. The number of sulfonamides is 1. The second kappa shape index (κ2) is 8.39. The van der Waals surface area contributed by atoms with Gasteiger partial charge in [0.2, 0.25) is 10.0 Å². The Morgan fingerprint density at radius 1 is 1.08 bits per heavy atom. The number of amides is 1. The molecule has 0 unspecified atom stereocenters. The van der Waals surface area contributed by atoms with E-state index in [0.717, 1.165) is 25.7 Å². The van der Waals surface area contributed by atoms with Gasteiger partial charge in [0.1, 0.15) is 6.10 Å². The predicted octanol–water partition coefficient (Wildman–Crippen LogP) is 3.24. The smallest absolute Gasteiger partial charge is 0.410 e. The van der Waals surface area contributed by atoms with E-state index in [1.807, 2.05) is 4.90 Å². The number of likely N-dealkylation sites (N-methyl/N-ethyl adjacent to an activating group) is 1. The topological polar surface area (TPSA) is 66.9 Å². The Hall–Kier alpha value is -1.60. The zero-order chi connectivity index (χ0) is 18.6. The van der Waals surface area contributed by atoms with Crippen molar-refractivity contribution < 1.29 is 17.9 Å². The molecule has 1 atom stereocenters. The molecule has 26 heavy (non-hydrogen) atoms. The summed E-state index contributed by atoms with van der Waals surface area (Å²) in [5, 5.41) is 0. The molecule has 1 amide bonds. The van der Waals surface area contributed by atoms with Crippen LogP contribution in [0.5, 0.6) is 0 Å². The summed E-state index contributed by atoms with van der Waals surface area (Å²) < 4.78 is 32.0. The lowest BCUT2D eigenvalue weighted by Crippen LogP contribution is -2.39. The lowest BCUT2D eigenvalue weighted by Gasteiger charge is -2.27. The molecule has 0 spiro atoms. The zero-order valence-corrected chi connectivity index (χ0v) is 16.2. The van der Waals surface area contributed by atoms with Gasteiger partial charge in [-0.2, -0.15) is 4.31 Å². The third kappa shape index (κ3) is 4.38. The summed E-state index contributed by atoms with van der Waals surface area (Å²) in [6.07, 6.45) is 7.31. The van der Waals surface area contributed by atoms with Crippen LogP contribution >= 0.6 is 0 Å². The predicted molar refractivity (Wildman–Crippen MR) is 99.3 cm³/mol. The quantitative estimate of drug-likeness (QED) is 0.786. The molecule has 1 aliphatic heterocycles. The molecule has 0 N–H and O–H groups in total. The fraction of sp³-hybridized carbons (Fsp3) is 0.632. The average molecular weight is 381 g/mol. The average Bonchev–Trinajstić information content (AvgIpc) is 2.95. The zero-order valence-electron chi connectivity index (χ0n) is 15.3. The van der Waals surface area contributed by atoms with Crippen molar-refractivity contribution in [3.63, 3.8) is 0 Å². The van der Waals surface area contributed by atoms with Crippen molar-refractivity contribution in [3.8, 4) is 0 Å². The number of benzene rings is 1. The van der Waals surface area contributed by atoms with Crippen molar-refractivity contribution in [2.45, 2.75) is 62.0 Å². The number of cyclic esters (lactones) is 1. The van der Waals surface area contributed by atoms with Gasteiger partial charge >= 0.3 is 6.09 Å². The standard InChI is InChI=1S/C19H28N2O4S/c1-20(26(23,24)18-12-8-5-9-13-18)14-17-15-21(19(22)25-17)16-10-6-3-2-4-7-11-16/h5,8-9,12-13,16-17H,2-4,6-7,10-11,14-15H2,1H3/t17-/m0/s1.